The maximum Gasteiger partial charge on any atom is 0.254 e. The lowest BCUT2D eigenvalue weighted by Gasteiger charge is -2.27. The van der Waals surface area contributed by atoms with Gasteiger partial charge in [-0.3, -0.25) is 9.36 Å². The van der Waals surface area contributed by atoms with Crippen LogP contribution in [0.4, 0.5) is 5.82 Å². The molecule has 2 aromatic heterocycles. The molecule has 0 spiro atoms. The van der Waals surface area contributed by atoms with E-state index in [1.54, 1.807) is 12.2 Å². The summed E-state index contributed by atoms with van der Waals surface area (Å²) in [5, 5.41) is 10.2. The Hall–Kier alpha value is -2.67. The molecule has 0 radical (unpaired) electrons. The molecule has 0 unspecified atom stereocenters. The minimum atomic E-state index is -2.49. The Labute approximate surface area is 137 Å². The maximum atomic E-state index is 12.0. The van der Waals surface area contributed by atoms with E-state index in [1.165, 1.54) is 4.57 Å². The number of carbonyl (C=O) groups is 1. The number of nitrogen functional groups attached to an aromatic ring is 1. The van der Waals surface area contributed by atoms with Crippen LogP contribution in [0, 0.1) is 12.8 Å². The number of amides is 1. The number of hydrogen-bond acceptors (Lipinski definition) is 5. The molecule has 0 bridgehead atoms. The normalized spacial score (nSPS) is 23.7. The first-order chi connectivity index (χ1) is 12.0. The first-order valence-corrected chi connectivity index (χ1v) is 7.08. The van der Waals surface area contributed by atoms with E-state index >= 15 is 0 Å². The molecule has 0 fully saturated rings. The fraction of sp³-hybridized carbons (Fsp3) is 0.312. The highest BCUT2D eigenvalue weighted by Gasteiger charge is 2.29. The van der Waals surface area contributed by atoms with E-state index in [0.29, 0.717) is 5.70 Å². The number of nitrogens with two attached hydrogens (primary N) is 2. The van der Waals surface area contributed by atoms with Crippen LogP contribution in [0.5, 0.6) is 0 Å². The molecule has 1 aliphatic carbocycles. The van der Waals surface area contributed by atoms with Gasteiger partial charge in [0, 0.05) is 15.7 Å². The van der Waals surface area contributed by atoms with E-state index in [2.05, 4.69) is 9.97 Å². The van der Waals surface area contributed by atoms with Gasteiger partial charge in [0.1, 0.15) is 16.9 Å². The van der Waals surface area contributed by atoms with Crippen LogP contribution in [0.1, 0.15) is 34.0 Å². The fourth-order valence-corrected chi connectivity index (χ4v) is 2.94. The third-order valence-corrected chi connectivity index (χ3v) is 4.08. The first-order valence-electron chi connectivity index (χ1n) is 8.58. The zero-order valence-electron chi connectivity index (χ0n) is 15.7. The molecule has 1 aliphatic rings. The van der Waals surface area contributed by atoms with Gasteiger partial charge in [0.05, 0.1) is 18.0 Å². The summed E-state index contributed by atoms with van der Waals surface area (Å²) in [5.41, 5.74) is 13.0. The van der Waals surface area contributed by atoms with Gasteiger partial charge in [-0.2, -0.15) is 0 Å². The van der Waals surface area contributed by atoms with Crippen LogP contribution in [0.2, 0.25) is 0 Å². The highest BCUT2D eigenvalue weighted by Crippen LogP contribution is 2.36. The van der Waals surface area contributed by atoms with Crippen molar-refractivity contribution >= 4 is 28.6 Å². The molecule has 0 saturated carbocycles. The van der Waals surface area contributed by atoms with Crippen LogP contribution in [-0.4, -0.2) is 31.7 Å². The molecule has 0 saturated heterocycles. The molecule has 0 aliphatic heterocycles. The van der Waals surface area contributed by atoms with Crippen molar-refractivity contribution in [2.45, 2.75) is 26.8 Å². The summed E-state index contributed by atoms with van der Waals surface area (Å²) >= 11 is 0. The summed E-state index contributed by atoms with van der Waals surface area (Å²) in [5.74, 6) is -1.15. The van der Waals surface area contributed by atoms with Crippen molar-refractivity contribution in [1.29, 1.82) is 0 Å². The van der Waals surface area contributed by atoms with Crippen molar-refractivity contribution in [3.05, 3.63) is 35.2 Å². The number of anilines is 1. The van der Waals surface area contributed by atoms with Crippen LogP contribution in [0.15, 0.2) is 23.9 Å². The number of hydrogen-bond donors (Lipinski definition) is 3. The second kappa shape index (κ2) is 5.20. The van der Waals surface area contributed by atoms with Gasteiger partial charge < -0.3 is 16.6 Å². The topological polar surface area (TPSA) is 120 Å². The Bertz CT molecular complexity index is 974. The van der Waals surface area contributed by atoms with E-state index < -0.39 is 18.9 Å². The quantitative estimate of drug-likeness (QED) is 0.769. The summed E-state index contributed by atoms with van der Waals surface area (Å²) in [4.78, 5) is 20.2. The molecule has 23 heavy (non-hydrogen) atoms. The number of fused-ring (bicyclic) bond motifs is 1. The minimum Gasteiger partial charge on any atom is -0.388 e. The van der Waals surface area contributed by atoms with E-state index in [9.17, 15) is 9.90 Å². The monoisotopic (exact) mass is 316 g/mol. The third kappa shape index (κ3) is 2.20. The molecular formula is C16H19N5O2. The number of aromatic nitrogens is 3. The smallest absolute Gasteiger partial charge is 0.254 e. The van der Waals surface area contributed by atoms with E-state index in [0.717, 1.165) is 11.8 Å². The Morgan fingerprint density at radius 1 is 1.52 bits per heavy atom. The summed E-state index contributed by atoms with van der Waals surface area (Å²) in [6.07, 6.45) is 3.81. The van der Waals surface area contributed by atoms with Crippen LogP contribution in [0.25, 0.3) is 16.9 Å². The van der Waals surface area contributed by atoms with Gasteiger partial charge in [-0.15, -0.1) is 0 Å². The third-order valence-electron chi connectivity index (χ3n) is 4.08. The van der Waals surface area contributed by atoms with Crippen molar-refractivity contribution in [2.24, 2.45) is 11.7 Å². The molecule has 7 heteroatoms. The largest absolute Gasteiger partial charge is 0.388 e. The fourth-order valence-electron chi connectivity index (χ4n) is 2.94. The molecule has 2 aromatic rings. The van der Waals surface area contributed by atoms with E-state index in [1.807, 2.05) is 13.8 Å². The highest BCUT2D eigenvalue weighted by molar-refractivity contribution is 6.10. The van der Waals surface area contributed by atoms with Gasteiger partial charge in [-0.25, -0.2) is 9.97 Å². The standard InChI is InChI=1S/C16H19N5O2/c1-7-4-5-10(22)9(3)13(7)21-14(17)11(15(18)23)12-16(21)19-6-8(2)20-12/h4-6,9-10,22H,17H2,1-3H3,(H2,18,23)/t9-,10-/m1/s1/i2D3. The van der Waals surface area contributed by atoms with Gasteiger partial charge in [0.15, 0.2) is 5.65 Å². The summed E-state index contributed by atoms with van der Waals surface area (Å²) < 4.78 is 24.0. The van der Waals surface area contributed by atoms with Crippen molar-refractivity contribution in [2.75, 3.05) is 5.73 Å². The number of nitrogens with zero attached hydrogens (tertiary/aromatic N) is 3. The summed E-state index contributed by atoms with van der Waals surface area (Å²) in [6.45, 7) is 1.17. The SMILES string of the molecule is [2H]C([2H])([2H])c1cnc2c(n1)c(C(N)=O)c(N)n2C1=C(C)C=C[C@@H](O)[C@H]1C. The Morgan fingerprint density at radius 3 is 2.91 bits per heavy atom. The molecule has 2 atom stereocenters. The molecule has 5 N–H and O–H groups in total. The molecule has 120 valence electrons. The molecular weight excluding hydrogens is 294 g/mol. The van der Waals surface area contributed by atoms with Crippen LogP contribution in [0.3, 0.4) is 0 Å². The Balaban J connectivity index is 2.39. The molecule has 3 rings (SSSR count). The highest BCUT2D eigenvalue weighted by atomic mass is 16.3. The van der Waals surface area contributed by atoms with Crippen molar-refractivity contribution in [3.63, 3.8) is 0 Å². The van der Waals surface area contributed by atoms with Gasteiger partial charge in [-0.1, -0.05) is 19.1 Å². The van der Waals surface area contributed by atoms with Gasteiger partial charge in [-0.05, 0) is 19.3 Å². The van der Waals surface area contributed by atoms with E-state index in [-0.39, 0.29) is 34.2 Å². The molecule has 7 nitrogen and oxygen atoms in total. The second-order valence-corrected chi connectivity index (χ2v) is 5.59. The summed E-state index contributed by atoms with van der Waals surface area (Å²) in [6, 6.07) is 0. The number of rotatable bonds is 2. The lowest BCUT2D eigenvalue weighted by molar-refractivity contribution is 0.100. The zero-order valence-corrected chi connectivity index (χ0v) is 12.7. The molecule has 2 heterocycles. The summed E-state index contributed by atoms with van der Waals surface area (Å²) in [7, 11) is 0. The van der Waals surface area contributed by atoms with Gasteiger partial charge in [0.25, 0.3) is 5.91 Å². The van der Waals surface area contributed by atoms with Crippen LogP contribution < -0.4 is 11.5 Å². The van der Waals surface area contributed by atoms with Crippen LogP contribution >= 0.6 is 0 Å². The predicted octanol–water partition coefficient (Wildman–Crippen LogP) is 1.22. The van der Waals surface area contributed by atoms with Crippen molar-refractivity contribution in [3.8, 4) is 0 Å². The minimum absolute atomic E-state index is 0.0129. The number of carbonyl (C=O) groups excluding carboxylic acids is 1. The zero-order chi connectivity index (χ0) is 19.4. The molecule has 1 amide bonds. The van der Waals surface area contributed by atoms with E-state index in [4.69, 9.17) is 15.6 Å². The van der Waals surface area contributed by atoms with Crippen LogP contribution in [-0.2, 0) is 0 Å². The van der Waals surface area contributed by atoms with Crippen molar-refractivity contribution < 1.29 is 14.0 Å². The van der Waals surface area contributed by atoms with Gasteiger partial charge >= 0.3 is 0 Å². The number of allylic oxidation sites excluding steroid dienone is 2. The number of aliphatic hydroxyl groups excluding tert-OH is 1. The maximum absolute atomic E-state index is 12.0. The first kappa shape index (κ1) is 11.8. The lowest BCUT2D eigenvalue weighted by Crippen LogP contribution is -2.24. The average molecular weight is 316 g/mol. The second-order valence-electron chi connectivity index (χ2n) is 5.59. The van der Waals surface area contributed by atoms with Gasteiger partial charge in [0.2, 0.25) is 0 Å². The molecule has 0 aromatic carbocycles. The average Bonchev–Trinajstić information content (AvgIpc) is 2.82. The van der Waals surface area contributed by atoms with Crippen molar-refractivity contribution in [1.82, 2.24) is 14.5 Å². The number of aliphatic hydroxyl groups is 1. The number of aryl methyl sites for hydroxylation is 1. The number of primary amides is 1. The predicted molar refractivity (Wildman–Crippen MR) is 88.4 cm³/mol. The Kier molecular flexibility index (Phi) is 2.68. The Morgan fingerprint density at radius 2 is 2.26 bits per heavy atom. The lowest BCUT2D eigenvalue weighted by atomic mass is 9.91.